The fraction of sp³-hybridized carbons (Fsp3) is 0.769. The lowest BCUT2D eigenvalue weighted by Crippen LogP contribution is -1.99. The number of hydrogen-bond donors (Lipinski definition) is 0. The van der Waals surface area contributed by atoms with Crippen molar-refractivity contribution >= 4 is 0 Å². The summed E-state index contributed by atoms with van der Waals surface area (Å²) in [6.07, 6.45) is 8.07. The van der Waals surface area contributed by atoms with Crippen LogP contribution in [0.3, 0.4) is 0 Å². The first-order valence-electron chi connectivity index (χ1n) is 6.12. The molecule has 2 nitrogen and oxygen atoms in total. The van der Waals surface area contributed by atoms with Crippen LogP contribution in [0.4, 0.5) is 0 Å². The molecule has 1 heterocycles. The fourth-order valence-corrected chi connectivity index (χ4v) is 1.63. The third kappa shape index (κ3) is 4.50. The Bertz CT molecular complexity index is 274. The van der Waals surface area contributed by atoms with Gasteiger partial charge in [-0.15, -0.1) is 0 Å². The Morgan fingerprint density at radius 1 is 1.20 bits per heavy atom. The third-order valence-corrected chi connectivity index (χ3v) is 2.74. The second kappa shape index (κ2) is 5.94. The Balaban J connectivity index is 2.26. The topological polar surface area (TPSA) is 17.8 Å². The van der Waals surface area contributed by atoms with Gasteiger partial charge in [0.05, 0.1) is 6.20 Å². The first-order chi connectivity index (χ1) is 7.09. The van der Waals surface area contributed by atoms with Gasteiger partial charge in [0.25, 0.3) is 0 Å². The monoisotopic (exact) mass is 208 g/mol. The molecule has 0 spiro atoms. The van der Waals surface area contributed by atoms with Crippen LogP contribution >= 0.6 is 0 Å². The highest BCUT2D eigenvalue weighted by molar-refractivity contribution is 5.08. The summed E-state index contributed by atoms with van der Waals surface area (Å²) in [5, 5.41) is 4.37. The highest BCUT2D eigenvalue weighted by Gasteiger charge is 2.02. The van der Waals surface area contributed by atoms with Gasteiger partial charge in [0.1, 0.15) is 0 Å². The van der Waals surface area contributed by atoms with E-state index in [1.807, 2.05) is 6.20 Å². The summed E-state index contributed by atoms with van der Waals surface area (Å²) < 4.78 is 2.08. The van der Waals surface area contributed by atoms with Gasteiger partial charge in [0.2, 0.25) is 0 Å². The maximum Gasteiger partial charge on any atom is 0.0524 e. The van der Waals surface area contributed by atoms with E-state index in [1.54, 1.807) is 0 Å². The van der Waals surface area contributed by atoms with E-state index >= 15 is 0 Å². The molecule has 0 amide bonds. The van der Waals surface area contributed by atoms with E-state index in [2.05, 4.69) is 43.7 Å². The molecular formula is C13H24N2. The van der Waals surface area contributed by atoms with E-state index in [-0.39, 0.29) is 0 Å². The molecule has 15 heavy (non-hydrogen) atoms. The van der Waals surface area contributed by atoms with Crippen LogP contribution in [0.15, 0.2) is 12.4 Å². The average molecular weight is 208 g/mol. The second-order valence-electron chi connectivity index (χ2n) is 5.08. The van der Waals surface area contributed by atoms with Crippen LogP contribution in [0.5, 0.6) is 0 Å². The summed E-state index contributed by atoms with van der Waals surface area (Å²) >= 11 is 0. The lowest BCUT2D eigenvalue weighted by atomic mass is 10.1. The lowest BCUT2D eigenvalue weighted by molar-refractivity contribution is 0.491. The predicted molar refractivity (Wildman–Crippen MR) is 65.0 cm³/mol. The number of unbranched alkanes of at least 4 members (excludes halogenated alkanes) is 1. The second-order valence-corrected chi connectivity index (χ2v) is 5.08. The molecule has 0 unspecified atom stereocenters. The average Bonchev–Trinajstić information content (AvgIpc) is 2.60. The van der Waals surface area contributed by atoms with Crippen molar-refractivity contribution in [3.8, 4) is 0 Å². The molecule has 0 aliphatic carbocycles. The van der Waals surface area contributed by atoms with Gasteiger partial charge in [-0.1, -0.05) is 40.5 Å². The zero-order valence-corrected chi connectivity index (χ0v) is 10.5. The van der Waals surface area contributed by atoms with E-state index < -0.39 is 0 Å². The number of nitrogens with zero attached hydrogens (tertiary/aromatic N) is 2. The normalized spacial score (nSPS) is 11.6. The van der Waals surface area contributed by atoms with Crippen molar-refractivity contribution in [2.45, 2.75) is 59.4 Å². The van der Waals surface area contributed by atoms with Crippen molar-refractivity contribution in [2.75, 3.05) is 0 Å². The lowest BCUT2D eigenvalue weighted by Gasteiger charge is -2.04. The zero-order chi connectivity index (χ0) is 11.3. The molecule has 0 aliphatic heterocycles. The van der Waals surface area contributed by atoms with Crippen molar-refractivity contribution in [3.05, 3.63) is 18.0 Å². The van der Waals surface area contributed by atoms with Crippen LogP contribution in [0.1, 0.15) is 58.4 Å². The van der Waals surface area contributed by atoms with Gasteiger partial charge < -0.3 is 0 Å². The molecule has 2 heteroatoms. The highest BCUT2D eigenvalue weighted by Crippen LogP contribution is 2.13. The molecular weight excluding hydrogens is 184 g/mol. The van der Waals surface area contributed by atoms with Crippen LogP contribution in [0, 0.1) is 5.92 Å². The zero-order valence-electron chi connectivity index (χ0n) is 10.5. The van der Waals surface area contributed by atoms with E-state index in [9.17, 15) is 0 Å². The number of rotatable bonds is 6. The molecule has 0 fully saturated rings. The third-order valence-electron chi connectivity index (χ3n) is 2.74. The molecule has 0 atom stereocenters. The molecule has 0 saturated carbocycles. The summed E-state index contributed by atoms with van der Waals surface area (Å²) in [6.45, 7) is 10.1. The van der Waals surface area contributed by atoms with Crippen molar-refractivity contribution in [1.82, 2.24) is 9.78 Å². The van der Waals surface area contributed by atoms with Crippen LogP contribution < -0.4 is 0 Å². The maximum absolute atomic E-state index is 4.37. The summed E-state index contributed by atoms with van der Waals surface area (Å²) in [5.74, 6) is 1.42. The summed E-state index contributed by atoms with van der Waals surface area (Å²) in [6, 6.07) is 0. The molecule has 86 valence electrons. The van der Waals surface area contributed by atoms with E-state index in [0.29, 0.717) is 5.92 Å². The molecule has 0 N–H and O–H groups in total. The van der Waals surface area contributed by atoms with Gasteiger partial charge in [0, 0.05) is 12.7 Å². The van der Waals surface area contributed by atoms with Crippen LogP contribution in [0.2, 0.25) is 0 Å². The Morgan fingerprint density at radius 3 is 2.47 bits per heavy atom. The minimum Gasteiger partial charge on any atom is -0.272 e. The fourth-order valence-electron chi connectivity index (χ4n) is 1.63. The largest absolute Gasteiger partial charge is 0.272 e. The molecule has 0 radical (unpaired) electrons. The Labute approximate surface area is 93.7 Å². The van der Waals surface area contributed by atoms with Gasteiger partial charge in [-0.25, -0.2) is 0 Å². The molecule has 0 aromatic carbocycles. The first kappa shape index (κ1) is 12.3. The van der Waals surface area contributed by atoms with Crippen LogP contribution in [-0.2, 0) is 6.54 Å². The van der Waals surface area contributed by atoms with Gasteiger partial charge in [0.15, 0.2) is 0 Å². The van der Waals surface area contributed by atoms with Gasteiger partial charge in [-0.2, -0.15) is 5.10 Å². The molecule has 1 aromatic rings. The predicted octanol–water partition coefficient (Wildman–Crippen LogP) is 3.83. The summed E-state index contributed by atoms with van der Waals surface area (Å²) in [4.78, 5) is 0. The van der Waals surface area contributed by atoms with Crippen LogP contribution in [0.25, 0.3) is 0 Å². The quantitative estimate of drug-likeness (QED) is 0.650. The van der Waals surface area contributed by atoms with Gasteiger partial charge in [-0.05, 0) is 23.8 Å². The van der Waals surface area contributed by atoms with Gasteiger partial charge >= 0.3 is 0 Å². The summed E-state index contributed by atoms with van der Waals surface area (Å²) in [5.41, 5.74) is 1.35. The Hall–Kier alpha value is -0.790. The molecule has 1 aromatic heterocycles. The van der Waals surface area contributed by atoms with Crippen molar-refractivity contribution in [3.63, 3.8) is 0 Å². The molecule has 0 bridgehead atoms. The van der Waals surface area contributed by atoms with Crippen molar-refractivity contribution in [2.24, 2.45) is 5.92 Å². The number of aryl methyl sites for hydroxylation is 1. The SMILES string of the molecule is CC(C)CCCCn1cc(C(C)C)cn1. The van der Waals surface area contributed by atoms with Gasteiger partial charge in [-0.3, -0.25) is 4.68 Å². The molecule has 0 saturated heterocycles. The maximum atomic E-state index is 4.37. The highest BCUT2D eigenvalue weighted by atomic mass is 15.3. The van der Waals surface area contributed by atoms with E-state index in [0.717, 1.165) is 12.5 Å². The minimum atomic E-state index is 0.592. The number of hydrogen-bond acceptors (Lipinski definition) is 1. The molecule has 1 rings (SSSR count). The van der Waals surface area contributed by atoms with E-state index in [1.165, 1.54) is 24.8 Å². The number of aromatic nitrogens is 2. The first-order valence-corrected chi connectivity index (χ1v) is 6.12. The Morgan fingerprint density at radius 2 is 1.93 bits per heavy atom. The standard InChI is InChI=1S/C13H24N2/c1-11(2)7-5-6-8-15-10-13(9-14-15)12(3)4/h9-12H,5-8H2,1-4H3. The van der Waals surface area contributed by atoms with E-state index in [4.69, 9.17) is 0 Å². The van der Waals surface area contributed by atoms with Crippen molar-refractivity contribution < 1.29 is 0 Å². The van der Waals surface area contributed by atoms with Crippen LogP contribution in [-0.4, -0.2) is 9.78 Å². The smallest absolute Gasteiger partial charge is 0.0524 e. The summed E-state index contributed by atoms with van der Waals surface area (Å²) in [7, 11) is 0. The molecule has 0 aliphatic rings. The van der Waals surface area contributed by atoms with Crippen molar-refractivity contribution in [1.29, 1.82) is 0 Å². The Kier molecular flexibility index (Phi) is 4.86. The minimum absolute atomic E-state index is 0.592.